The molecule has 0 spiro atoms. The minimum absolute atomic E-state index is 0.161. The molecule has 4 nitrogen and oxygen atoms in total. The van der Waals surface area contributed by atoms with Crippen molar-refractivity contribution in [2.45, 2.75) is 13.3 Å². The fraction of sp³-hybridized carbons (Fsp3) is 0.267. The van der Waals surface area contributed by atoms with Gasteiger partial charge in [0.15, 0.2) is 0 Å². The summed E-state index contributed by atoms with van der Waals surface area (Å²) in [4.78, 5) is 13.2. The van der Waals surface area contributed by atoms with Gasteiger partial charge in [-0.2, -0.15) is 0 Å². The molecule has 0 aliphatic carbocycles. The van der Waals surface area contributed by atoms with Crippen molar-refractivity contribution in [1.29, 1.82) is 0 Å². The molecule has 0 aliphatic rings. The lowest BCUT2D eigenvalue weighted by Gasteiger charge is -2.08. The highest BCUT2D eigenvalue weighted by Crippen LogP contribution is 2.22. The molecule has 0 fully saturated rings. The molecule has 112 valence electrons. The Kier molecular flexibility index (Phi) is 5.47. The van der Waals surface area contributed by atoms with Crippen LogP contribution in [0.5, 0.6) is 5.75 Å². The summed E-state index contributed by atoms with van der Waals surface area (Å²) < 4.78 is 6.14. The zero-order valence-corrected chi connectivity index (χ0v) is 13.3. The molecule has 0 atom stereocenters. The summed E-state index contributed by atoms with van der Waals surface area (Å²) in [5, 5.41) is 2.87. The minimum Gasteiger partial charge on any atom is -0.494 e. The van der Waals surface area contributed by atoms with Crippen LogP contribution in [0.2, 0.25) is 4.34 Å². The Morgan fingerprint density at radius 3 is 2.86 bits per heavy atom. The number of halogens is 1. The van der Waals surface area contributed by atoms with Crippen LogP contribution >= 0.6 is 22.9 Å². The number of rotatable bonds is 6. The fourth-order valence-electron chi connectivity index (χ4n) is 1.89. The Morgan fingerprint density at radius 1 is 1.38 bits per heavy atom. The average Bonchev–Trinajstić information content (AvgIpc) is 2.84. The predicted molar refractivity (Wildman–Crippen MR) is 87.4 cm³/mol. The number of anilines is 1. The van der Waals surface area contributed by atoms with Crippen molar-refractivity contribution in [2.24, 2.45) is 0 Å². The number of hydrogen-bond acceptors (Lipinski definition) is 4. The van der Waals surface area contributed by atoms with Crippen LogP contribution in [0.3, 0.4) is 0 Å². The Balaban J connectivity index is 1.93. The number of nitrogens with one attached hydrogen (secondary N) is 1. The lowest BCUT2D eigenvalue weighted by atomic mass is 10.1. The van der Waals surface area contributed by atoms with E-state index >= 15 is 0 Å². The van der Waals surface area contributed by atoms with Crippen LogP contribution in [0.15, 0.2) is 30.3 Å². The first-order valence-electron chi connectivity index (χ1n) is 6.64. The molecule has 2 rings (SSSR count). The third kappa shape index (κ3) is 4.65. The van der Waals surface area contributed by atoms with Gasteiger partial charge in [0.05, 0.1) is 10.9 Å². The van der Waals surface area contributed by atoms with Crippen molar-refractivity contribution in [3.8, 4) is 5.75 Å². The molecule has 0 bridgehead atoms. The highest BCUT2D eigenvalue weighted by Gasteiger charge is 2.08. The van der Waals surface area contributed by atoms with Crippen molar-refractivity contribution in [3.05, 3.63) is 45.1 Å². The van der Waals surface area contributed by atoms with E-state index in [0.29, 0.717) is 30.2 Å². The summed E-state index contributed by atoms with van der Waals surface area (Å²) in [5.41, 5.74) is 6.79. The zero-order valence-electron chi connectivity index (χ0n) is 11.7. The van der Waals surface area contributed by atoms with Crippen LogP contribution < -0.4 is 15.8 Å². The number of hydrogen-bond donors (Lipinski definition) is 2. The number of thiophene rings is 1. The topological polar surface area (TPSA) is 64.3 Å². The minimum atomic E-state index is -0.161. The van der Waals surface area contributed by atoms with E-state index in [1.54, 1.807) is 18.2 Å². The van der Waals surface area contributed by atoms with Crippen molar-refractivity contribution in [1.82, 2.24) is 5.32 Å². The third-order valence-corrected chi connectivity index (χ3v) is 4.08. The Morgan fingerprint density at radius 2 is 2.19 bits per heavy atom. The lowest BCUT2D eigenvalue weighted by molar-refractivity contribution is 0.0954. The summed E-state index contributed by atoms with van der Waals surface area (Å²) >= 11 is 7.39. The van der Waals surface area contributed by atoms with Crippen LogP contribution in [0, 0.1) is 0 Å². The molecule has 1 aromatic heterocycles. The Hall–Kier alpha value is -1.72. The molecule has 1 aromatic carbocycles. The summed E-state index contributed by atoms with van der Waals surface area (Å²) in [6, 6.07) is 8.85. The van der Waals surface area contributed by atoms with E-state index in [0.717, 1.165) is 15.6 Å². The molecule has 6 heteroatoms. The molecule has 0 unspecified atom stereocenters. The van der Waals surface area contributed by atoms with E-state index in [9.17, 15) is 4.79 Å². The maximum absolute atomic E-state index is 12.1. The molecule has 2 aromatic rings. The number of carbonyl (C=O) groups excluding carboxylic acids is 1. The predicted octanol–water partition coefficient (Wildman–Crippen LogP) is 3.35. The van der Waals surface area contributed by atoms with Crippen LogP contribution in [0.25, 0.3) is 0 Å². The Labute approximate surface area is 132 Å². The van der Waals surface area contributed by atoms with Crippen molar-refractivity contribution >= 4 is 34.5 Å². The van der Waals surface area contributed by atoms with Gasteiger partial charge in [0.2, 0.25) is 0 Å². The van der Waals surface area contributed by atoms with Gasteiger partial charge in [0.1, 0.15) is 5.75 Å². The number of carbonyl (C=O) groups is 1. The van der Waals surface area contributed by atoms with E-state index in [4.69, 9.17) is 22.1 Å². The highest BCUT2D eigenvalue weighted by molar-refractivity contribution is 7.16. The lowest BCUT2D eigenvalue weighted by Crippen LogP contribution is -2.25. The first kappa shape index (κ1) is 15.7. The maximum atomic E-state index is 12.1. The van der Waals surface area contributed by atoms with Crippen LogP contribution in [0.4, 0.5) is 5.69 Å². The van der Waals surface area contributed by atoms with Gasteiger partial charge in [0.25, 0.3) is 5.91 Å². The van der Waals surface area contributed by atoms with E-state index in [2.05, 4.69) is 5.32 Å². The second kappa shape index (κ2) is 7.33. The van der Waals surface area contributed by atoms with Gasteiger partial charge in [-0.25, -0.2) is 0 Å². The van der Waals surface area contributed by atoms with Gasteiger partial charge in [-0.3, -0.25) is 4.79 Å². The maximum Gasteiger partial charge on any atom is 0.251 e. The number of ether oxygens (including phenoxy) is 1. The molecule has 0 aliphatic heterocycles. The number of nitrogens with two attached hydrogens (primary N) is 1. The largest absolute Gasteiger partial charge is 0.494 e. The van der Waals surface area contributed by atoms with E-state index in [-0.39, 0.29) is 5.91 Å². The van der Waals surface area contributed by atoms with Crippen LogP contribution in [-0.4, -0.2) is 19.1 Å². The number of nitrogen functional groups attached to an aromatic ring is 1. The normalized spacial score (nSPS) is 10.4. The first-order chi connectivity index (χ1) is 10.1. The molecule has 3 N–H and O–H groups in total. The number of benzene rings is 1. The molecule has 0 saturated carbocycles. The van der Waals surface area contributed by atoms with Crippen molar-refractivity contribution in [2.75, 3.05) is 18.9 Å². The van der Waals surface area contributed by atoms with E-state index < -0.39 is 0 Å². The summed E-state index contributed by atoms with van der Waals surface area (Å²) in [5.74, 6) is 0.443. The SMILES string of the molecule is CCOc1cc(N)cc(C(=O)NCCc2ccc(Cl)s2)c1. The van der Waals surface area contributed by atoms with Gasteiger partial charge >= 0.3 is 0 Å². The smallest absolute Gasteiger partial charge is 0.251 e. The Bertz CT molecular complexity index is 628. The molecular formula is C15H17ClN2O2S. The number of amides is 1. The zero-order chi connectivity index (χ0) is 15.2. The highest BCUT2D eigenvalue weighted by atomic mass is 35.5. The summed E-state index contributed by atoms with van der Waals surface area (Å²) in [6.07, 6.45) is 0.754. The average molecular weight is 325 g/mol. The van der Waals surface area contributed by atoms with Gasteiger partial charge in [-0.15, -0.1) is 11.3 Å². The molecule has 1 amide bonds. The monoisotopic (exact) mass is 324 g/mol. The summed E-state index contributed by atoms with van der Waals surface area (Å²) in [6.45, 7) is 2.97. The van der Waals surface area contributed by atoms with Crippen LogP contribution in [0.1, 0.15) is 22.2 Å². The van der Waals surface area contributed by atoms with Gasteiger partial charge in [-0.1, -0.05) is 11.6 Å². The molecule has 0 radical (unpaired) electrons. The standard InChI is InChI=1S/C15H17ClN2O2S/c1-2-20-12-8-10(7-11(17)9-12)15(19)18-6-5-13-3-4-14(16)21-13/h3-4,7-9H,2,5-6,17H2,1H3,(H,18,19). The van der Waals surface area contributed by atoms with Crippen LogP contribution in [-0.2, 0) is 6.42 Å². The quantitative estimate of drug-likeness (QED) is 0.801. The van der Waals surface area contributed by atoms with E-state index in [1.165, 1.54) is 11.3 Å². The van der Waals surface area contributed by atoms with Gasteiger partial charge in [-0.05, 0) is 37.6 Å². The fourth-order valence-corrected chi connectivity index (χ4v) is 2.98. The van der Waals surface area contributed by atoms with Crippen molar-refractivity contribution < 1.29 is 9.53 Å². The van der Waals surface area contributed by atoms with Gasteiger partial charge in [0, 0.05) is 28.7 Å². The third-order valence-electron chi connectivity index (χ3n) is 2.79. The molecular weight excluding hydrogens is 308 g/mol. The van der Waals surface area contributed by atoms with E-state index in [1.807, 2.05) is 19.1 Å². The molecule has 1 heterocycles. The molecule has 0 saturated heterocycles. The van der Waals surface area contributed by atoms with Gasteiger partial charge < -0.3 is 15.8 Å². The van der Waals surface area contributed by atoms with Crippen molar-refractivity contribution in [3.63, 3.8) is 0 Å². The second-order valence-electron chi connectivity index (χ2n) is 4.44. The molecule has 21 heavy (non-hydrogen) atoms. The second-order valence-corrected chi connectivity index (χ2v) is 6.24. The first-order valence-corrected chi connectivity index (χ1v) is 7.83. The summed E-state index contributed by atoms with van der Waals surface area (Å²) in [7, 11) is 0.